The van der Waals surface area contributed by atoms with E-state index in [4.69, 9.17) is 0 Å². The summed E-state index contributed by atoms with van der Waals surface area (Å²) in [5.41, 5.74) is 0. The first kappa shape index (κ1) is 30.9. The molecule has 0 aliphatic heterocycles. The van der Waals surface area contributed by atoms with Crippen LogP contribution in [0.2, 0.25) is 0 Å². The van der Waals surface area contributed by atoms with Crippen LogP contribution in [0.1, 0.15) is 117 Å². The van der Waals surface area contributed by atoms with Crippen molar-refractivity contribution in [3.05, 3.63) is 12.2 Å². The van der Waals surface area contributed by atoms with Gasteiger partial charge in [-0.1, -0.05) is 90.7 Å². The third kappa shape index (κ3) is 19.4. The summed E-state index contributed by atoms with van der Waals surface area (Å²) in [6.45, 7) is 6.06. The number of allylic oxidation sites excluding steroid dienone is 2. The first-order valence-corrected chi connectivity index (χ1v) is 11.7. The van der Waals surface area contributed by atoms with Crippen molar-refractivity contribution in [3.63, 3.8) is 0 Å². The number of carbonyl (C=O) groups excluding carboxylic acids is 1. The van der Waals surface area contributed by atoms with Gasteiger partial charge in [-0.3, -0.25) is 4.79 Å². The minimum atomic E-state index is -0.938. The van der Waals surface area contributed by atoms with Gasteiger partial charge in [-0.05, 0) is 38.0 Å². The zero-order valence-electron chi connectivity index (χ0n) is 18.7. The molecule has 0 bridgehead atoms. The molecule has 0 saturated carbocycles. The quantitative estimate of drug-likeness (QED) is 0.153. The Morgan fingerprint density at radius 3 is 1.79 bits per heavy atom. The van der Waals surface area contributed by atoms with Crippen molar-refractivity contribution in [2.75, 3.05) is 0 Å². The van der Waals surface area contributed by atoms with Gasteiger partial charge in [0, 0.05) is 6.42 Å². The molecule has 0 aromatic heterocycles. The van der Waals surface area contributed by atoms with Gasteiger partial charge in [0.15, 0.2) is 0 Å². The molecule has 0 rings (SSSR count). The molecule has 0 saturated heterocycles. The van der Waals surface area contributed by atoms with Gasteiger partial charge >= 0.3 is 35.5 Å². The first-order chi connectivity index (χ1) is 13.5. The fourth-order valence-corrected chi connectivity index (χ4v) is 3.28. The summed E-state index contributed by atoms with van der Waals surface area (Å²) >= 11 is 0. The SMILES string of the molecule is CCCCCCCC/C=C\CCCCCCCC(=O)NC(C(=O)O)C(C)CC.[NaH]. The topological polar surface area (TPSA) is 66.4 Å². The van der Waals surface area contributed by atoms with E-state index in [1.807, 2.05) is 13.8 Å². The molecule has 2 atom stereocenters. The van der Waals surface area contributed by atoms with Gasteiger partial charge < -0.3 is 10.4 Å². The Balaban J connectivity index is 0. The van der Waals surface area contributed by atoms with Crippen LogP contribution in [0.15, 0.2) is 12.2 Å². The van der Waals surface area contributed by atoms with Crippen LogP contribution in [0.3, 0.4) is 0 Å². The van der Waals surface area contributed by atoms with E-state index >= 15 is 0 Å². The number of unbranched alkanes of at least 4 members (excludes halogenated alkanes) is 11. The van der Waals surface area contributed by atoms with Crippen molar-refractivity contribution in [2.45, 2.75) is 123 Å². The van der Waals surface area contributed by atoms with E-state index in [0.717, 1.165) is 32.1 Å². The molecule has 4 nitrogen and oxygen atoms in total. The van der Waals surface area contributed by atoms with Crippen LogP contribution in [0.4, 0.5) is 0 Å². The van der Waals surface area contributed by atoms with Gasteiger partial charge in [-0.15, -0.1) is 0 Å². The van der Waals surface area contributed by atoms with E-state index in [1.165, 1.54) is 57.8 Å². The average molecular weight is 420 g/mol. The second-order valence-corrected chi connectivity index (χ2v) is 8.10. The fourth-order valence-electron chi connectivity index (χ4n) is 3.28. The summed E-state index contributed by atoms with van der Waals surface area (Å²) in [6.07, 6.45) is 21.8. The van der Waals surface area contributed by atoms with Gasteiger partial charge in [0.25, 0.3) is 0 Å². The van der Waals surface area contributed by atoms with Crippen LogP contribution in [0.5, 0.6) is 0 Å². The van der Waals surface area contributed by atoms with Gasteiger partial charge in [0.2, 0.25) is 5.91 Å². The molecule has 2 N–H and O–H groups in total. The Hall–Kier alpha value is -0.320. The van der Waals surface area contributed by atoms with Crippen molar-refractivity contribution in [2.24, 2.45) is 5.92 Å². The van der Waals surface area contributed by atoms with Crippen molar-refractivity contribution in [1.82, 2.24) is 5.32 Å². The number of nitrogens with one attached hydrogen (secondary N) is 1. The number of carboxylic acids is 1. The van der Waals surface area contributed by atoms with Crippen molar-refractivity contribution in [3.8, 4) is 0 Å². The number of carbonyl (C=O) groups is 2. The van der Waals surface area contributed by atoms with Crippen molar-refractivity contribution < 1.29 is 14.7 Å². The Bertz CT molecular complexity index is 426. The number of amides is 1. The molecule has 5 heteroatoms. The van der Waals surface area contributed by atoms with E-state index in [1.54, 1.807) is 0 Å². The zero-order chi connectivity index (χ0) is 21.0. The van der Waals surface area contributed by atoms with Crippen LogP contribution < -0.4 is 5.32 Å². The standard InChI is InChI=1S/C24H45NO3.Na.H/c1-4-6-7-8-9-10-11-12-13-14-15-16-17-18-19-20-22(26)25-23(24(27)28)21(3)5-2;;/h12-13,21,23H,4-11,14-20H2,1-3H3,(H,25,26)(H,27,28);;/b13-12-;;. The summed E-state index contributed by atoms with van der Waals surface area (Å²) < 4.78 is 0. The molecule has 0 aliphatic carbocycles. The molecule has 0 fully saturated rings. The molecule has 0 radical (unpaired) electrons. The summed E-state index contributed by atoms with van der Waals surface area (Å²) in [7, 11) is 0. The monoisotopic (exact) mass is 419 g/mol. The minimum absolute atomic E-state index is 0. The van der Waals surface area contributed by atoms with Crippen molar-refractivity contribution in [1.29, 1.82) is 0 Å². The van der Waals surface area contributed by atoms with Gasteiger partial charge in [0.1, 0.15) is 6.04 Å². The Morgan fingerprint density at radius 2 is 1.31 bits per heavy atom. The van der Waals surface area contributed by atoms with E-state index in [0.29, 0.717) is 6.42 Å². The molecule has 0 aromatic rings. The van der Waals surface area contributed by atoms with Crippen LogP contribution in [-0.2, 0) is 9.59 Å². The van der Waals surface area contributed by atoms with Crippen LogP contribution in [0.25, 0.3) is 0 Å². The molecule has 2 unspecified atom stereocenters. The molecule has 0 heterocycles. The van der Waals surface area contributed by atoms with E-state index in [2.05, 4.69) is 24.4 Å². The van der Waals surface area contributed by atoms with E-state index in [9.17, 15) is 14.7 Å². The normalized spacial score (nSPS) is 13.1. The Kier molecular flexibility index (Phi) is 23.8. The van der Waals surface area contributed by atoms with Crippen LogP contribution >= 0.6 is 0 Å². The number of aliphatic carboxylic acids is 1. The number of rotatable bonds is 19. The maximum atomic E-state index is 11.9. The molecule has 1 amide bonds. The summed E-state index contributed by atoms with van der Waals surface area (Å²) in [5, 5.41) is 11.9. The average Bonchev–Trinajstić information content (AvgIpc) is 2.68. The van der Waals surface area contributed by atoms with Gasteiger partial charge in [-0.2, -0.15) is 0 Å². The summed E-state index contributed by atoms with van der Waals surface area (Å²) in [5.74, 6) is -1.12. The van der Waals surface area contributed by atoms with Crippen LogP contribution in [0, 0.1) is 5.92 Å². The second-order valence-electron chi connectivity index (χ2n) is 8.10. The fraction of sp³-hybridized carbons (Fsp3) is 0.833. The molecule has 0 aromatic carbocycles. The zero-order valence-corrected chi connectivity index (χ0v) is 18.7. The number of hydrogen-bond acceptors (Lipinski definition) is 2. The number of carboxylic acid groups (broad SMARTS) is 1. The predicted octanol–water partition coefficient (Wildman–Crippen LogP) is 5.99. The number of hydrogen-bond donors (Lipinski definition) is 2. The van der Waals surface area contributed by atoms with Gasteiger partial charge in [0.05, 0.1) is 0 Å². The molecule has 166 valence electrons. The van der Waals surface area contributed by atoms with E-state index < -0.39 is 12.0 Å². The first-order valence-electron chi connectivity index (χ1n) is 11.7. The van der Waals surface area contributed by atoms with E-state index in [-0.39, 0.29) is 41.4 Å². The third-order valence-corrected chi connectivity index (χ3v) is 5.46. The summed E-state index contributed by atoms with van der Waals surface area (Å²) in [4.78, 5) is 23.2. The third-order valence-electron chi connectivity index (χ3n) is 5.46. The summed E-state index contributed by atoms with van der Waals surface area (Å²) in [6, 6.07) is -0.763. The Labute approximate surface area is 202 Å². The molecule has 0 spiro atoms. The van der Waals surface area contributed by atoms with Crippen molar-refractivity contribution >= 4 is 41.4 Å². The van der Waals surface area contributed by atoms with Gasteiger partial charge in [-0.25, -0.2) is 4.79 Å². The molecule has 0 aliphatic rings. The molecular formula is C24H46NNaO3. The molecular weight excluding hydrogens is 373 g/mol. The van der Waals surface area contributed by atoms with Crippen LogP contribution in [-0.4, -0.2) is 52.6 Å². The molecule has 29 heavy (non-hydrogen) atoms. The predicted molar refractivity (Wildman–Crippen MR) is 126 cm³/mol. The Morgan fingerprint density at radius 1 is 0.828 bits per heavy atom. The second kappa shape index (κ2) is 22.4. The maximum absolute atomic E-state index is 11.9.